The Balaban J connectivity index is 1.42. The Bertz CT molecular complexity index is 757. The average Bonchev–Trinajstić information content (AvgIpc) is 3.33. The molecule has 0 bridgehead atoms. The number of pyridine rings is 1. The van der Waals surface area contributed by atoms with Gasteiger partial charge in [-0.2, -0.15) is 10.2 Å². The molecule has 2 aliphatic carbocycles. The van der Waals surface area contributed by atoms with Gasteiger partial charge in [-0.05, 0) is 50.2 Å². The van der Waals surface area contributed by atoms with Crippen LogP contribution in [0.1, 0.15) is 60.1 Å². The summed E-state index contributed by atoms with van der Waals surface area (Å²) in [5.41, 5.74) is 2.98. The highest BCUT2D eigenvalue weighted by Crippen LogP contribution is 2.38. The van der Waals surface area contributed by atoms with Crippen LogP contribution in [0.4, 0.5) is 5.82 Å². The Morgan fingerprint density at radius 3 is 2.96 bits per heavy atom. The lowest BCUT2D eigenvalue weighted by atomic mass is 9.95. The van der Waals surface area contributed by atoms with E-state index in [1.165, 1.54) is 18.4 Å². The van der Waals surface area contributed by atoms with Crippen molar-refractivity contribution in [2.45, 2.75) is 50.9 Å². The smallest absolute Gasteiger partial charge is 0.229 e. The summed E-state index contributed by atoms with van der Waals surface area (Å²) in [5, 5.41) is 16.6. The number of fused-ring (bicyclic) bond motifs is 1. The molecule has 0 aromatic carbocycles. The highest BCUT2D eigenvalue weighted by Gasteiger charge is 2.29. The van der Waals surface area contributed by atoms with Crippen LogP contribution in [0.25, 0.3) is 0 Å². The van der Waals surface area contributed by atoms with Crippen LogP contribution in [0.15, 0.2) is 10.6 Å². The van der Waals surface area contributed by atoms with E-state index in [1.807, 2.05) is 6.07 Å². The number of hydrogen-bond acceptors (Lipinski definition) is 6. The number of anilines is 1. The van der Waals surface area contributed by atoms with Crippen LogP contribution in [-0.2, 0) is 19.3 Å². The van der Waals surface area contributed by atoms with E-state index in [-0.39, 0.29) is 0 Å². The summed E-state index contributed by atoms with van der Waals surface area (Å²) in [4.78, 5) is 9.07. The average molecular weight is 309 g/mol. The number of nitrogens with one attached hydrogen (secondary N) is 1. The summed E-state index contributed by atoms with van der Waals surface area (Å²) >= 11 is 0. The first-order valence-corrected chi connectivity index (χ1v) is 8.33. The molecule has 1 N–H and O–H groups in total. The molecule has 0 aliphatic heterocycles. The molecular formula is C17H19N5O. The molecule has 2 heterocycles. The molecule has 6 heteroatoms. The molecule has 0 unspecified atom stereocenters. The predicted molar refractivity (Wildman–Crippen MR) is 84.1 cm³/mol. The van der Waals surface area contributed by atoms with Crippen molar-refractivity contribution >= 4 is 5.82 Å². The van der Waals surface area contributed by atoms with Gasteiger partial charge in [-0.25, -0.2) is 4.98 Å². The van der Waals surface area contributed by atoms with Crippen molar-refractivity contribution in [1.29, 1.82) is 5.26 Å². The molecule has 0 spiro atoms. The lowest BCUT2D eigenvalue weighted by Gasteiger charge is -2.17. The second-order valence-electron chi connectivity index (χ2n) is 6.31. The van der Waals surface area contributed by atoms with E-state index >= 15 is 0 Å². The number of aromatic nitrogens is 3. The zero-order chi connectivity index (χ0) is 15.6. The molecule has 118 valence electrons. The minimum absolute atomic E-state index is 0.483. The topological polar surface area (TPSA) is 87.6 Å². The number of nitrogens with zero attached hydrogens (tertiary/aromatic N) is 4. The second-order valence-corrected chi connectivity index (χ2v) is 6.31. The molecule has 0 radical (unpaired) electrons. The fourth-order valence-corrected chi connectivity index (χ4v) is 3.01. The van der Waals surface area contributed by atoms with Crippen LogP contribution >= 0.6 is 0 Å². The fourth-order valence-electron chi connectivity index (χ4n) is 3.01. The van der Waals surface area contributed by atoms with Gasteiger partial charge in [0.15, 0.2) is 5.82 Å². The lowest BCUT2D eigenvalue weighted by Crippen LogP contribution is -2.13. The van der Waals surface area contributed by atoms with Gasteiger partial charge in [0.1, 0.15) is 11.9 Å². The molecule has 23 heavy (non-hydrogen) atoms. The maximum atomic E-state index is 9.34. The molecular weight excluding hydrogens is 290 g/mol. The molecule has 0 amide bonds. The van der Waals surface area contributed by atoms with E-state index in [4.69, 9.17) is 4.52 Å². The SMILES string of the molecule is N#Cc1cc2c(nc1NCCc1noc(C3CC3)n1)CCCC2. The monoisotopic (exact) mass is 309 g/mol. The van der Waals surface area contributed by atoms with E-state index in [0.29, 0.717) is 30.3 Å². The summed E-state index contributed by atoms with van der Waals surface area (Å²) in [5.74, 6) is 2.65. The Labute approximate surface area is 134 Å². The maximum absolute atomic E-state index is 9.34. The number of aryl methyl sites for hydroxylation is 2. The van der Waals surface area contributed by atoms with Crippen molar-refractivity contribution in [3.05, 3.63) is 34.6 Å². The predicted octanol–water partition coefficient (Wildman–Crippen LogP) is 2.75. The third-order valence-corrected chi connectivity index (χ3v) is 4.47. The van der Waals surface area contributed by atoms with Gasteiger partial charge in [0.05, 0.1) is 5.56 Å². The van der Waals surface area contributed by atoms with E-state index < -0.39 is 0 Å². The van der Waals surface area contributed by atoms with Crippen LogP contribution < -0.4 is 5.32 Å². The molecule has 2 aromatic heterocycles. The van der Waals surface area contributed by atoms with Crippen LogP contribution in [0.2, 0.25) is 0 Å². The van der Waals surface area contributed by atoms with Crippen molar-refractivity contribution in [3.8, 4) is 6.07 Å². The van der Waals surface area contributed by atoms with E-state index in [2.05, 4.69) is 26.5 Å². The standard InChI is InChI=1S/C17H19N5O/c18-10-13-9-12-3-1-2-4-14(12)20-16(13)19-8-7-15-21-17(23-22-15)11-5-6-11/h9,11H,1-8H2,(H,19,20). The zero-order valence-electron chi connectivity index (χ0n) is 13.0. The van der Waals surface area contributed by atoms with Gasteiger partial charge in [0.25, 0.3) is 0 Å². The van der Waals surface area contributed by atoms with E-state index in [1.54, 1.807) is 0 Å². The number of hydrogen-bond donors (Lipinski definition) is 1. The largest absolute Gasteiger partial charge is 0.369 e. The van der Waals surface area contributed by atoms with Crippen molar-refractivity contribution in [2.24, 2.45) is 0 Å². The van der Waals surface area contributed by atoms with Gasteiger partial charge in [-0.1, -0.05) is 5.16 Å². The Morgan fingerprint density at radius 2 is 2.13 bits per heavy atom. The van der Waals surface area contributed by atoms with Gasteiger partial charge in [-0.3, -0.25) is 0 Å². The van der Waals surface area contributed by atoms with Gasteiger partial charge >= 0.3 is 0 Å². The first kappa shape index (κ1) is 14.2. The summed E-state index contributed by atoms with van der Waals surface area (Å²) in [6.07, 6.45) is 7.38. The summed E-state index contributed by atoms with van der Waals surface area (Å²) in [6, 6.07) is 4.24. The van der Waals surface area contributed by atoms with Gasteiger partial charge in [0.2, 0.25) is 5.89 Å². The normalized spacial score (nSPS) is 16.7. The highest BCUT2D eigenvalue weighted by molar-refractivity contribution is 5.54. The van der Waals surface area contributed by atoms with Crippen molar-refractivity contribution < 1.29 is 4.52 Å². The maximum Gasteiger partial charge on any atom is 0.229 e. The molecule has 2 aromatic rings. The van der Waals surface area contributed by atoms with Crippen molar-refractivity contribution in [1.82, 2.24) is 15.1 Å². The molecule has 0 saturated heterocycles. The van der Waals surface area contributed by atoms with Crippen molar-refractivity contribution in [3.63, 3.8) is 0 Å². The molecule has 1 fully saturated rings. The third-order valence-electron chi connectivity index (χ3n) is 4.47. The van der Waals surface area contributed by atoms with Gasteiger partial charge in [-0.15, -0.1) is 0 Å². The molecule has 1 saturated carbocycles. The van der Waals surface area contributed by atoms with Crippen molar-refractivity contribution in [2.75, 3.05) is 11.9 Å². The number of nitriles is 1. The molecule has 4 rings (SSSR count). The van der Waals surface area contributed by atoms with Crippen LogP contribution in [0, 0.1) is 11.3 Å². The lowest BCUT2D eigenvalue weighted by molar-refractivity contribution is 0.374. The summed E-state index contributed by atoms with van der Waals surface area (Å²) in [7, 11) is 0. The van der Waals surface area contributed by atoms with E-state index in [9.17, 15) is 5.26 Å². The van der Waals surface area contributed by atoms with Crippen LogP contribution in [0.3, 0.4) is 0 Å². The van der Waals surface area contributed by atoms with Gasteiger partial charge < -0.3 is 9.84 Å². The Kier molecular flexibility index (Phi) is 3.70. The first-order valence-electron chi connectivity index (χ1n) is 8.33. The minimum Gasteiger partial charge on any atom is -0.369 e. The summed E-state index contributed by atoms with van der Waals surface area (Å²) in [6.45, 7) is 0.643. The highest BCUT2D eigenvalue weighted by atomic mass is 16.5. The van der Waals surface area contributed by atoms with Crippen LogP contribution in [0.5, 0.6) is 0 Å². The first-order chi connectivity index (χ1) is 11.3. The quantitative estimate of drug-likeness (QED) is 0.913. The summed E-state index contributed by atoms with van der Waals surface area (Å²) < 4.78 is 5.25. The Hall–Kier alpha value is -2.42. The molecule has 2 aliphatic rings. The fraction of sp³-hybridized carbons (Fsp3) is 0.529. The van der Waals surface area contributed by atoms with E-state index in [0.717, 1.165) is 43.1 Å². The zero-order valence-corrected chi connectivity index (χ0v) is 13.0. The molecule has 6 nitrogen and oxygen atoms in total. The second kappa shape index (κ2) is 5.99. The van der Waals surface area contributed by atoms with Gasteiger partial charge in [0, 0.05) is 24.6 Å². The molecule has 0 atom stereocenters. The minimum atomic E-state index is 0.483. The number of rotatable bonds is 5. The Morgan fingerprint density at radius 1 is 1.26 bits per heavy atom. The third kappa shape index (κ3) is 3.04. The van der Waals surface area contributed by atoms with Crippen LogP contribution in [-0.4, -0.2) is 21.7 Å².